The average molecular weight is 367 g/mol. The fraction of sp³-hybridized carbons (Fsp3) is 0.286. The van der Waals surface area contributed by atoms with E-state index in [0.717, 1.165) is 11.3 Å². The van der Waals surface area contributed by atoms with Gasteiger partial charge in [0.05, 0.1) is 18.6 Å². The number of nitrogens with zero attached hydrogens (tertiary/aromatic N) is 1. The molecular formula is C21H21NO5. The van der Waals surface area contributed by atoms with Crippen molar-refractivity contribution in [1.29, 1.82) is 0 Å². The second-order valence-corrected chi connectivity index (χ2v) is 6.47. The highest BCUT2D eigenvalue weighted by Gasteiger charge is 2.36. The monoisotopic (exact) mass is 367 g/mol. The lowest BCUT2D eigenvalue weighted by Crippen LogP contribution is -2.27. The van der Waals surface area contributed by atoms with E-state index in [2.05, 4.69) is 0 Å². The molecule has 0 N–H and O–H groups in total. The van der Waals surface area contributed by atoms with Crippen molar-refractivity contribution < 1.29 is 23.9 Å². The predicted molar refractivity (Wildman–Crippen MR) is 99.9 cm³/mol. The number of aryl methyl sites for hydroxylation is 1. The molecule has 0 bridgehead atoms. The van der Waals surface area contributed by atoms with Crippen LogP contribution in [0.5, 0.6) is 5.75 Å². The van der Waals surface area contributed by atoms with Gasteiger partial charge < -0.3 is 14.4 Å². The third kappa shape index (κ3) is 4.16. The minimum Gasteiger partial charge on any atom is -0.496 e. The standard InChI is InChI=1S/C21H21NO5/c1-14-7-9-16(10-8-14)22-12-15(11-20(22)24)21(25)27-13-18(23)17-5-3-4-6-19(17)26-2/h3-10,15H,11-13H2,1-2H3/t15-/m0/s1. The van der Waals surface area contributed by atoms with Gasteiger partial charge in [-0.15, -0.1) is 0 Å². The van der Waals surface area contributed by atoms with E-state index in [0.29, 0.717) is 11.3 Å². The molecule has 0 spiro atoms. The summed E-state index contributed by atoms with van der Waals surface area (Å²) in [7, 11) is 1.47. The van der Waals surface area contributed by atoms with E-state index in [-0.39, 0.29) is 31.3 Å². The van der Waals surface area contributed by atoms with Gasteiger partial charge in [0, 0.05) is 18.7 Å². The second-order valence-electron chi connectivity index (χ2n) is 6.47. The molecule has 3 rings (SSSR count). The number of anilines is 1. The van der Waals surface area contributed by atoms with E-state index < -0.39 is 11.9 Å². The molecule has 140 valence electrons. The minimum atomic E-state index is -0.579. The fourth-order valence-corrected chi connectivity index (χ4v) is 3.05. The van der Waals surface area contributed by atoms with E-state index in [4.69, 9.17) is 9.47 Å². The molecule has 0 aromatic heterocycles. The Morgan fingerprint density at radius 3 is 2.52 bits per heavy atom. The molecule has 27 heavy (non-hydrogen) atoms. The number of carbonyl (C=O) groups excluding carboxylic acids is 3. The number of ketones is 1. The maximum absolute atomic E-state index is 12.3. The molecule has 1 saturated heterocycles. The first-order valence-electron chi connectivity index (χ1n) is 8.69. The van der Waals surface area contributed by atoms with E-state index in [1.165, 1.54) is 7.11 Å². The number of rotatable bonds is 6. The number of carbonyl (C=O) groups is 3. The molecule has 1 fully saturated rings. The maximum Gasteiger partial charge on any atom is 0.311 e. The minimum absolute atomic E-state index is 0.0789. The van der Waals surface area contributed by atoms with Crippen LogP contribution in [0.4, 0.5) is 5.69 Å². The zero-order valence-corrected chi connectivity index (χ0v) is 15.3. The second kappa shape index (κ2) is 8.03. The summed E-state index contributed by atoms with van der Waals surface area (Å²) in [5.41, 5.74) is 2.21. The van der Waals surface area contributed by atoms with Crippen LogP contribution in [0.1, 0.15) is 22.3 Å². The van der Waals surface area contributed by atoms with E-state index in [1.807, 2.05) is 31.2 Å². The number of Topliss-reactive ketones (excluding diaryl/α,β-unsaturated/α-hetero) is 1. The number of hydrogen-bond acceptors (Lipinski definition) is 5. The van der Waals surface area contributed by atoms with E-state index >= 15 is 0 Å². The van der Waals surface area contributed by atoms with Crippen molar-refractivity contribution in [3.05, 3.63) is 59.7 Å². The molecule has 1 aliphatic rings. The molecule has 1 atom stereocenters. The van der Waals surface area contributed by atoms with Gasteiger partial charge in [0.25, 0.3) is 0 Å². The summed E-state index contributed by atoms with van der Waals surface area (Å²) < 4.78 is 10.3. The predicted octanol–water partition coefficient (Wildman–Crippen LogP) is 2.78. The van der Waals surface area contributed by atoms with E-state index in [9.17, 15) is 14.4 Å². The quantitative estimate of drug-likeness (QED) is 0.580. The Morgan fingerprint density at radius 1 is 1.11 bits per heavy atom. The summed E-state index contributed by atoms with van der Waals surface area (Å²) >= 11 is 0. The first-order valence-corrected chi connectivity index (χ1v) is 8.69. The largest absolute Gasteiger partial charge is 0.496 e. The van der Waals surface area contributed by atoms with Crippen molar-refractivity contribution in [2.45, 2.75) is 13.3 Å². The van der Waals surface area contributed by atoms with Crippen molar-refractivity contribution in [2.75, 3.05) is 25.2 Å². The molecule has 2 aromatic rings. The molecule has 1 heterocycles. The summed E-state index contributed by atoms with van der Waals surface area (Å²) in [4.78, 5) is 38.4. The normalized spacial score (nSPS) is 16.3. The van der Waals surface area contributed by atoms with Crippen LogP contribution in [0.2, 0.25) is 0 Å². The highest BCUT2D eigenvalue weighted by atomic mass is 16.5. The van der Waals surface area contributed by atoms with Gasteiger partial charge in [-0.2, -0.15) is 0 Å². The van der Waals surface area contributed by atoms with Crippen LogP contribution in [0.15, 0.2) is 48.5 Å². The molecule has 1 aliphatic heterocycles. The fourth-order valence-electron chi connectivity index (χ4n) is 3.05. The Bertz CT molecular complexity index is 859. The Labute approximate surface area is 157 Å². The van der Waals surface area contributed by atoms with Crippen LogP contribution in [-0.4, -0.2) is 37.9 Å². The lowest BCUT2D eigenvalue weighted by Gasteiger charge is -2.16. The zero-order chi connectivity index (χ0) is 19.4. The van der Waals surface area contributed by atoms with Crippen LogP contribution in [0.3, 0.4) is 0 Å². The molecule has 0 aliphatic carbocycles. The number of methoxy groups -OCH3 is 1. The first kappa shape index (κ1) is 18.6. The van der Waals surface area contributed by atoms with Gasteiger partial charge in [-0.3, -0.25) is 14.4 Å². The highest BCUT2D eigenvalue weighted by molar-refractivity contribution is 6.02. The summed E-state index contributed by atoms with van der Waals surface area (Å²) in [6, 6.07) is 14.3. The Hall–Kier alpha value is -3.15. The van der Waals surface area contributed by atoms with Gasteiger partial charge in [0.15, 0.2) is 6.61 Å². The van der Waals surface area contributed by atoms with Gasteiger partial charge in [0.2, 0.25) is 11.7 Å². The van der Waals surface area contributed by atoms with Gasteiger partial charge in [0.1, 0.15) is 5.75 Å². The summed E-state index contributed by atoms with van der Waals surface area (Å²) in [6.45, 7) is 1.84. The first-order chi connectivity index (χ1) is 13.0. The van der Waals surface area contributed by atoms with Crippen molar-refractivity contribution in [3.63, 3.8) is 0 Å². The molecule has 0 unspecified atom stereocenters. The Balaban J connectivity index is 1.59. The zero-order valence-electron chi connectivity index (χ0n) is 15.3. The van der Waals surface area contributed by atoms with Crippen LogP contribution >= 0.6 is 0 Å². The molecule has 0 saturated carbocycles. The molecule has 1 amide bonds. The summed E-state index contributed by atoms with van der Waals surface area (Å²) in [5, 5.41) is 0. The van der Waals surface area contributed by atoms with Gasteiger partial charge in [-0.1, -0.05) is 29.8 Å². The van der Waals surface area contributed by atoms with Gasteiger partial charge in [-0.25, -0.2) is 0 Å². The smallest absolute Gasteiger partial charge is 0.311 e. The summed E-state index contributed by atoms with van der Waals surface area (Å²) in [6.07, 6.45) is 0.0789. The van der Waals surface area contributed by atoms with Crippen LogP contribution < -0.4 is 9.64 Å². The van der Waals surface area contributed by atoms with Crippen molar-refractivity contribution in [1.82, 2.24) is 0 Å². The molecule has 0 radical (unpaired) electrons. The van der Waals surface area contributed by atoms with Gasteiger partial charge >= 0.3 is 5.97 Å². The molecule has 2 aromatic carbocycles. The molecule has 6 heteroatoms. The van der Waals surface area contributed by atoms with Crippen molar-refractivity contribution >= 4 is 23.3 Å². The van der Waals surface area contributed by atoms with Crippen molar-refractivity contribution in [3.8, 4) is 5.75 Å². The number of esters is 1. The summed E-state index contributed by atoms with van der Waals surface area (Å²) in [5.74, 6) is -1.16. The number of para-hydroxylation sites is 1. The third-order valence-electron chi connectivity index (χ3n) is 4.56. The number of ether oxygens (including phenoxy) is 2. The Morgan fingerprint density at radius 2 is 1.81 bits per heavy atom. The molecule has 6 nitrogen and oxygen atoms in total. The average Bonchev–Trinajstić information content (AvgIpc) is 3.08. The van der Waals surface area contributed by atoms with Gasteiger partial charge in [-0.05, 0) is 31.2 Å². The van der Waals surface area contributed by atoms with Crippen LogP contribution in [0, 0.1) is 12.8 Å². The topological polar surface area (TPSA) is 72.9 Å². The highest BCUT2D eigenvalue weighted by Crippen LogP contribution is 2.26. The van der Waals surface area contributed by atoms with Crippen LogP contribution in [0.25, 0.3) is 0 Å². The lowest BCUT2D eigenvalue weighted by molar-refractivity contribution is -0.147. The van der Waals surface area contributed by atoms with Crippen molar-refractivity contribution in [2.24, 2.45) is 5.92 Å². The lowest BCUT2D eigenvalue weighted by atomic mass is 10.1. The number of benzene rings is 2. The third-order valence-corrected chi connectivity index (χ3v) is 4.56. The van der Waals surface area contributed by atoms with Crippen LogP contribution in [-0.2, 0) is 14.3 Å². The molecular weight excluding hydrogens is 346 g/mol. The maximum atomic E-state index is 12.3. The van der Waals surface area contributed by atoms with E-state index in [1.54, 1.807) is 29.2 Å². The number of amides is 1. The SMILES string of the molecule is COc1ccccc1C(=O)COC(=O)[C@H]1CC(=O)N(c2ccc(C)cc2)C1. The number of hydrogen-bond donors (Lipinski definition) is 0. The Kier molecular flexibility index (Phi) is 5.54.